The molecule has 0 radical (unpaired) electrons. The summed E-state index contributed by atoms with van der Waals surface area (Å²) in [6.07, 6.45) is 2.02. The van der Waals surface area contributed by atoms with Crippen molar-refractivity contribution in [2.24, 2.45) is 5.10 Å². The van der Waals surface area contributed by atoms with Crippen LogP contribution in [0.3, 0.4) is 0 Å². The normalized spacial score (nSPS) is 10.8. The van der Waals surface area contributed by atoms with Crippen LogP contribution in [0.4, 0.5) is 0 Å². The van der Waals surface area contributed by atoms with Gasteiger partial charge in [0.05, 0.1) is 6.21 Å². The third kappa shape index (κ3) is 5.83. The van der Waals surface area contributed by atoms with Crippen molar-refractivity contribution in [2.45, 2.75) is 11.3 Å². The molecule has 1 amide bonds. The fraction of sp³-hybridized carbons (Fsp3) is 0.125. The number of amides is 1. The number of halogens is 2. The van der Waals surface area contributed by atoms with Gasteiger partial charge in [0.25, 0.3) is 0 Å². The molecule has 1 N–H and O–H groups in total. The molecule has 3 nitrogen and oxygen atoms in total. The summed E-state index contributed by atoms with van der Waals surface area (Å²) >= 11 is 10.9. The molecule has 22 heavy (non-hydrogen) atoms. The Kier molecular flexibility index (Phi) is 6.96. The van der Waals surface area contributed by atoms with Gasteiger partial charge in [-0.25, -0.2) is 5.43 Å². The zero-order chi connectivity index (χ0) is 15.8. The molecule has 0 atom stereocenters. The van der Waals surface area contributed by atoms with Crippen molar-refractivity contribution in [3.63, 3.8) is 0 Å². The van der Waals surface area contributed by atoms with E-state index in [1.807, 2.05) is 48.5 Å². The molecule has 6 heteroatoms. The smallest absolute Gasteiger partial charge is 0.240 e. The van der Waals surface area contributed by atoms with E-state index in [4.69, 9.17) is 11.6 Å². The average molecular weight is 398 g/mol. The lowest BCUT2D eigenvalue weighted by Gasteiger charge is -2.02. The Balaban J connectivity index is 1.72. The minimum absolute atomic E-state index is 0.107. The van der Waals surface area contributed by atoms with Crippen molar-refractivity contribution in [1.29, 1.82) is 0 Å². The minimum Gasteiger partial charge on any atom is -0.273 e. The predicted molar refractivity (Wildman–Crippen MR) is 96.7 cm³/mol. The molecule has 0 heterocycles. The highest BCUT2D eigenvalue weighted by Gasteiger charge is 2.01. The molecule has 0 aromatic heterocycles. The molecule has 0 spiro atoms. The van der Waals surface area contributed by atoms with E-state index in [0.29, 0.717) is 17.2 Å². The summed E-state index contributed by atoms with van der Waals surface area (Å²) in [6, 6.07) is 15.2. The lowest BCUT2D eigenvalue weighted by Crippen LogP contribution is -2.17. The van der Waals surface area contributed by atoms with Crippen molar-refractivity contribution in [1.82, 2.24) is 5.43 Å². The fourth-order valence-electron chi connectivity index (χ4n) is 1.60. The first-order valence-corrected chi connectivity index (χ1v) is 8.75. The molecule has 2 aromatic rings. The summed E-state index contributed by atoms with van der Waals surface area (Å²) in [5, 5.41) is 4.67. The van der Waals surface area contributed by atoms with E-state index in [1.54, 1.807) is 18.0 Å². The van der Waals surface area contributed by atoms with E-state index in [0.717, 1.165) is 14.9 Å². The first-order chi connectivity index (χ1) is 10.6. The summed E-state index contributed by atoms with van der Waals surface area (Å²) in [7, 11) is 0. The standard InChI is InChI=1S/C16H14BrClN2OS/c17-15-4-2-1-3-12(15)11-19-20-16(21)9-10-22-14-7-5-13(18)6-8-14/h1-8,11H,9-10H2,(H,20,21)/b19-11+. The molecule has 0 aliphatic carbocycles. The molecule has 0 aliphatic heterocycles. The Morgan fingerprint density at radius 2 is 1.95 bits per heavy atom. The zero-order valence-electron chi connectivity index (χ0n) is 11.6. The van der Waals surface area contributed by atoms with Gasteiger partial charge >= 0.3 is 0 Å². The average Bonchev–Trinajstić information content (AvgIpc) is 2.51. The minimum atomic E-state index is -0.107. The molecule has 114 valence electrons. The van der Waals surface area contributed by atoms with E-state index >= 15 is 0 Å². The maximum Gasteiger partial charge on any atom is 0.240 e. The van der Waals surface area contributed by atoms with Crippen LogP contribution >= 0.6 is 39.3 Å². The van der Waals surface area contributed by atoms with E-state index in [9.17, 15) is 4.79 Å². The number of thioether (sulfide) groups is 1. The van der Waals surface area contributed by atoms with E-state index in [2.05, 4.69) is 26.5 Å². The number of hydrogen-bond acceptors (Lipinski definition) is 3. The Bertz CT molecular complexity index is 661. The van der Waals surface area contributed by atoms with Gasteiger partial charge in [0.2, 0.25) is 5.91 Å². The largest absolute Gasteiger partial charge is 0.273 e. The van der Waals surface area contributed by atoms with Gasteiger partial charge in [0, 0.05) is 32.1 Å². The Morgan fingerprint density at radius 3 is 2.68 bits per heavy atom. The van der Waals surface area contributed by atoms with Crippen LogP contribution in [0, 0.1) is 0 Å². The second-order valence-corrected chi connectivity index (χ2v) is 6.83. The number of carbonyl (C=O) groups excluding carboxylic acids is 1. The molecule has 0 unspecified atom stereocenters. The Labute approximate surface area is 147 Å². The van der Waals surface area contributed by atoms with Crippen LogP contribution < -0.4 is 5.43 Å². The molecule has 0 saturated heterocycles. The summed E-state index contributed by atoms with van der Waals surface area (Å²) in [4.78, 5) is 12.8. The van der Waals surface area contributed by atoms with Crippen LogP contribution in [-0.4, -0.2) is 17.9 Å². The molecule has 2 aromatic carbocycles. The molecular formula is C16H14BrClN2OS. The zero-order valence-corrected chi connectivity index (χ0v) is 14.8. The maximum absolute atomic E-state index is 11.7. The molecule has 0 saturated carbocycles. The van der Waals surface area contributed by atoms with Crippen LogP contribution in [0.15, 0.2) is 63.0 Å². The summed E-state index contributed by atoms with van der Waals surface area (Å²) in [5.41, 5.74) is 3.44. The van der Waals surface area contributed by atoms with Gasteiger partial charge in [-0.2, -0.15) is 5.10 Å². The van der Waals surface area contributed by atoms with Gasteiger partial charge in [-0.1, -0.05) is 45.7 Å². The topological polar surface area (TPSA) is 41.5 Å². The first kappa shape index (κ1) is 17.1. The van der Waals surface area contributed by atoms with Crippen LogP contribution in [0.25, 0.3) is 0 Å². The van der Waals surface area contributed by atoms with E-state index < -0.39 is 0 Å². The summed E-state index contributed by atoms with van der Waals surface area (Å²) < 4.78 is 0.936. The number of hydrogen-bond donors (Lipinski definition) is 1. The van der Waals surface area contributed by atoms with E-state index in [-0.39, 0.29) is 5.91 Å². The number of nitrogens with one attached hydrogen (secondary N) is 1. The monoisotopic (exact) mass is 396 g/mol. The van der Waals surface area contributed by atoms with Gasteiger partial charge in [-0.3, -0.25) is 4.79 Å². The van der Waals surface area contributed by atoms with Gasteiger partial charge in [-0.05, 0) is 30.3 Å². The van der Waals surface area contributed by atoms with Crippen LogP contribution in [0.5, 0.6) is 0 Å². The molecule has 0 fully saturated rings. The van der Waals surface area contributed by atoms with Crippen molar-refractivity contribution in [3.8, 4) is 0 Å². The van der Waals surface area contributed by atoms with Gasteiger partial charge < -0.3 is 0 Å². The van der Waals surface area contributed by atoms with Gasteiger partial charge in [0.15, 0.2) is 0 Å². The quantitative estimate of drug-likeness (QED) is 0.435. The maximum atomic E-state index is 11.7. The highest BCUT2D eigenvalue weighted by molar-refractivity contribution is 9.10. The second-order valence-electron chi connectivity index (χ2n) is 4.37. The highest BCUT2D eigenvalue weighted by Crippen LogP contribution is 2.20. The summed E-state index contributed by atoms with van der Waals surface area (Å²) in [5.74, 6) is 0.586. The fourth-order valence-corrected chi connectivity index (χ4v) is 2.97. The number of benzene rings is 2. The van der Waals surface area contributed by atoms with Crippen molar-refractivity contribution in [2.75, 3.05) is 5.75 Å². The molecule has 0 bridgehead atoms. The highest BCUT2D eigenvalue weighted by atomic mass is 79.9. The molecule has 0 aliphatic rings. The van der Waals surface area contributed by atoms with Gasteiger partial charge in [0.1, 0.15) is 0 Å². The first-order valence-electron chi connectivity index (χ1n) is 6.60. The van der Waals surface area contributed by atoms with Gasteiger partial charge in [-0.15, -0.1) is 11.8 Å². The van der Waals surface area contributed by atoms with E-state index in [1.165, 1.54) is 0 Å². The molecular weight excluding hydrogens is 384 g/mol. The van der Waals surface area contributed by atoms with Crippen LogP contribution in [0.2, 0.25) is 5.02 Å². The van der Waals surface area contributed by atoms with Crippen molar-refractivity contribution in [3.05, 3.63) is 63.6 Å². The van der Waals surface area contributed by atoms with Crippen LogP contribution in [0.1, 0.15) is 12.0 Å². The number of hydrazone groups is 1. The third-order valence-corrected chi connectivity index (χ3v) is 4.70. The molecule has 2 rings (SSSR count). The Morgan fingerprint density at radius 1 is 1.23 bits per heavy atom. The predicted octanol–water partition coefficient (Wildman–Crippen LogP) is 4.74. The lowest BCUT2D eigenvalue weighted by atomic mass is 10.2. The SMILES string of the molecule is O=C(CCSc1ccc(Cl)cc1)N/N=C/c1ccccc1Br. The second kappa shape index (κ2) is 8.98. The number of rotatable bonds is 6. The lowest BCUT2D eigenvalue weighted by molar-refractivity contribution is -0.120. The van der Waals surface area contributed by atoms with Crippen molar-refractivity contribution < 1.29 is 4.79 Å². The van der Waals surface area contributed by atoms with Crippen LogP contribution in [-0.2, 0) is 4.79 Å². The third-order valence-electron chi connectivity index (χ3n) is 2.71. The number of nitrogens with zero attached hydrogens (tertiary/aromatic N) is 1. The number of carbonyl (C=O) groups is 1. The Hall–Kier alpha value is -1.30. The van der Waals surface area contributed by atoms with Crippen molar-refractivity contribution >= 4 is 51.4 Å². The summed E-state index contributed by atoms with van der Waals surface area (Å²) in [6.45, 7) is 0.